The summed E-state index contributed by atoms with van der Waals surface area (Å²) >= 11 is 0. The molecule has 2 aromatic heterocycles. The van der Waals surface area contributed by atoms with E-state index in [0.717, 1.165) is 11.1 Å². The zero-order valence-electron chi connectivity index (χ0n) is 47.6. The summed E-state index contributed by atoms with van der Waals surface area (Å²) in [6, 6.07) is 113. The molecule has 87 heavy (non-hydrogen) atoms. The Hall–Kier alpha value is -11.3. The average molecular weight is 1100 g/mol. The first-order chi connectivity index (χ1) is 43.1. The first-order valence-electron chi connectivity index (χ1n) is 30.2. The minimum atomic E-state index is -0.485. The quantitative estimate of drug-likeness (QED) is 0.134. The van der Waals surface area contributed by atoms with Crippen molar-refractivity contribution in [3.8, 4) is 55.9 Å². The van der Waals surface area contributed by atoms with Crippen LogP contribution in [0.25, 0.3) is 145 Å². The summed E-state index contributed by atoms with van der Waals surface area (Å²) in [4.78, 5) is 0. The molecule has 404 valence electrons. The van der Waals surface area contributed by atoms with E-state index in [1.54, 1.807) is 0 Å². The Bertz CT molecular complexity index is 5220. The lowest BCUT2D eigenvalue weighted by Crippen LogP contribution is -2.26. The van der Waals surface area contributed by atoms with Crippen molar-refractivity contribution in [2.24, 2.45) is 0 Å². The van der Waals surface area contributed by atoms with Crippen LogP contribution in [0.4, 0.5) is 0 Å². The van der Waals surface area contributed by atoms with Gasteiger partial charge in [0, 0.05) is 32.9 Å². The molecule has 2 heteroatoms. The van der Waals surface area contributed by atoms with Crippen LogP contribution in [0.5, 0.6) is 0 Å². The molecule has 0 bridgehead atoms. The number of hydrogen-bond acceptors (Lipinski definition) is 0. The van der Waals surface area contributed by atoms with Gasteiger partial charge in [-0.3, -0.25) is 0 Å². The number of aromatic nitrogens is 2. The molecule has 0 N–H and O–H groups in total. The molecule has 0 atom stereocenters. The summed E-state index contributed by atoms with van der Waals surface area (Å²) in [5.41, 5.74) is 26.7. The second kappa shape index (κ2) is 19.4. The Balaban J connectivity index is 0.653. The van der Waals surface area contributed by atoms with E-state index in [9.17, 15) is 0 Å². The highest BCUT2D eigenvalue weighted by Gasteiger charge is 2.51. The monoisotopic (exact) mass is 1100 g/mol. The Morgan fingerprint density at radius 3 is 1.05 bits per heavy atom. The summed E-state index contributed by atoms with van der Waals surface area (Å²) in [6.45, 7) is 0. The molecular weight excluding hydrogens is 1050 g/mol. The third-order valence-electron chi connectivity index (χ3n) is 18.9. The minimum absolute atomic E-state index is 0.485. The van der Waals surface area contributed by atoms with Crippen LogP contribution in [0.15, 0.2) is 303 Å². The molecule has 16 aromatic rings. The largest absolute Gasteiger partial charge is 0.309 e. The van der Waals surface area contributed by atoms with Gasteiger partial charge < -0.3 is 9.13 Å². The van der Waals surface area contributed by atoms with E-state index in [2.05, 4.69) is 337 Å². The van der Waals surface area contributed by atoms with Gasteiger partial charge >= 0.3 is 0 Å². The SMILES string of the molecule is C(=C\c1ccc2c(c1)c1ccccc1n2-c1ccc2ccccc2c1)/c1ccc(-c2ccc3c(c2)C2(c4ccccc4-c4ccccc42)c2cc(-c4ccc(/C=C/c5ccc6c(c5)c5ccccc5n6-c5ccc6ccccc6c5)cc4)ccc2-3)cc1. The Labute approximate surface area is 504 Å². The van der Waals surface area contributed by atoms with E-state index in [-0.39, 0.29) is 0 Å². The second-order valence-corrected chi connectivity index (χ2v) is 23.6. The van der Waals surface area contributed by atoms with Gasteiger partial charge in [-0.1, -0.05) is 255 Å². The van der Waals surface area contributed by atoms with E-state index in [0.29, 0.717) is 0 Å². The highest BCUT2D eigenvalue weighted by atomic mass is 15.0. The lowest BCUT2D eigenvalue weighted by Gasteiger charge is -2.31. The molecular formula is C85H54N2. The van der Waals surface area contributed by atoms with Crippen molar-refractivity contribution in [2.45, 2.75) is 5.41 Å². The number of para-hydroxylation sites is 2. The molecule has 0 fully saturated rings. The fraction of sp³-hybridized carbons (Fsp3) is 0.0118. The molecule has 0 unspecified atom stereocenters. The molecule has 0 saturated carbocycles. The maximum absolute atomic E-state index is 2.49. The summed E-state index contributed by atoms with van der Waals surface area (Å²) in [5, 5.41) is 9.98. The molecule has 18 rings (SSSR count). The standard InChI is InChI=1S/C85H54N2/c1-3-15-63-51-67(43-39-59(63)13-1)86-81-23-11-7-19-73(81)75-49-57(33-47-83(75)86)27-25-55-29-35-61(36-30-55)65-41-45-71-72-46-42-66(54-80(72)85(79(71)53-65)77-21-9-5-17-69(77)70-18-6-10-22-78(70)85)62-37-31-56(32-38-62)26-28-58-34-48-84-76(50-58)74-20-8-12-24-82(74)87(84)68-44-40-60-14-2-4-16-64(60)52-68/h1-54H/b27-25+,28-26+. The van der Waals surface area contributed by atoms with Crippen molar-refractivity contribution >= 4 is 89.5 Å². The lowest BCUT2D eigenvalue weighted by atomic mass is 9.70. The van der Waals surface area contributed by atoms with Crippen LogP contribution in [-0.4, -0.2) is 9.13 Å². The predicted molar refractivity (Wildman–Crippen MR) is 368 cm³/mol. The van der Waals surface area contributed by atoms with Crippen molar-refractivity contribution in [2.75, 3.05) is 0 Å². The molecule has 2 aliphatic rings. The van der Waals surface area contributed by atoms with E-state index >= 15 is 0 Å². The highest BCUT2D eigenvalue weighted by molar-refractivity contribution is 6.12. The molecule has 2 heterocycles. The summed E-state index contributed by atoms with van der Waals surface area (Å²) in [7, 11) is 0. The summed E-state index contributed by atoms with van der Waals surface area (Å²) in [6.07, 6.45) is 8.98. The normalized spacial score (nSPS) is 13.1. The zero-order valence-corrected chi connectivity index (χ0v) is 47.6. The van der Waals surface area contributed by atoms with Crippen molar-refractivity contribution in [1.29, 1.82) is 0 Å². The van der Waals surface area contributed by atoms with Gasteiger partial charge in [-0.2, -0.15) is 0 Å². The van der Waals surface area contributed by atoms with E-state index in [1.807, 2.05) is 0 Å². The van der Waals surface area contributed by atoms with Crippen LogP contribution < -0.4 is 0 Å². The third-order valence-corrected chi connectivity index (χ3v) is 18.9. The molecule has 0 amide bonds. The number of nitrogens with zero attached hydrogens (tertiary/aromatic N) is 2. The molecule has 2 nitrogen and oxygen atoms in total. The smallest absolute Gasteiger partial charge is 0.0725 e. The number of hydrogen-bond donors (Lipinski definition) is 0. The van der Waals surface area contributed by atoms with Gasteiger partial charge in [0.1, 0.15) is 0 Å². The Morgan fingerprint density at radius 2 is 0.575 bits per heavy atom. The van der Waals surface area contributed by atoms with Crippen LogP contribution >= 0.6 is 0 Å². The molecule has 2 aliphatic carbocycles. The van der Waals surface area contributed by atoms with Crippen LogP contribution in [-0.2, 0) is 5.41 Å². The van der Waals surface area contributed by atoms with Gasteiger partial charge in [0.15, 0.2) is 0 Å². The topological polar surface area (TPSA) is 9.86 Å². The Kier molecular flexibility index (Phi) is 10.9. The molecule has 1 spiro atoms. The first-order valence-corrected chi connectivity index (χ1v) is 30.2. The maximum Gasteiger partial charge on any atom is 0.0725 e. The molecule has 0 aliphatic heterocycles. The van der Waals surface area contributed by atoms with Gasteiger partial charge in [0.2, 0.25) is 0 Å². The van der Waals surface area contributed by atoms with E-state index in [1.165, 1.54) is 154 Å². The van der Waals surface area contributed by atoms with Crippen LogP contribution in [0.2, 0.25) is 0 Å². The van der Waals surface area contributed by atoms with Gasteiger partial charge in [-0.25, -0.2) is 0 Å². The van der Waals surface area contributed by atoms with Crippen LogP contribution in [0, 0.1) is 0 Å². The first kappa shape index (κ1) is 49.1. The zero-order chi connectivity index (χ0) is 57.2. The number of fused-ring (bicyclic) bond motifs is 18. The number of rotatable bonds is 8. The van der Waals surface area contributed by atoms with Gasteiger partial charge in [0.05, 0.1) is 27.5 Å². The Morgan fingerprint density at radius 1 is 0.218 bits per heavy atom. The van der Waals surface area contributed by atoms with Crippen molar-refractivity contribution in [3.05, 3.63) is 348 Å². The van der Waals surface area contributed by atoms with Gasteiger partial charge in [-0.15, -0.1) is 0 Å². The highest BCUT2D eigenvalue weighted by Crippen LogP contribution is 2.63. The third kappa shape index (κ3) is 7.68. The number of benzene rings is 14. The van der Waals surface area contributed by atoms with E-state index in [4.69, 9.17) is 0 Å². The second-order valence-electron chi connectivity index (χ2n) is 23.6. The van der Waals surface area contributed by atoms with Crippen molar-refractivity contribution in [3.63, 3.8) is 0 Å². The van der Waals surface area contributed by atoms with Crippen molar-refractivity contribution < 1.29 is 0 Å². The lowest BCUT2D eigenvalue weighted by molar-refractivity contribution is 0.794. The van der Waals surface area contributed by atoms with Gasteiger partial charge in [0.25, 0.3) is 0 Å². The molecule has 14 aromatic carbocycles. The van der Waals surface area contributed by atoms with E-state index < -0.39 is 5.41 Å². The summed E-state index contributed by atoms with van der Waals surface area (Å²) < 4.78 is 4.80. The predicted octanol–water partition coefficient (Wildman–Crippen LogP) is 22.2. The molecule has 0 radical (unpaired) electrons. The summed E-state index contributed by atoms with van der Waals surface area (Å²) in [5.74, 6) is 0. The average Bonchev–Trinajstić information content (AvgIpc) is 1.66. The minimum Gasteiger partial charge on any atom is -0.309 e. The maximum atomic E-state index is 2.49. The van der Waals surface area contributed by atoms with Gasteiger partial charge in [-0.05, 0) is 183 Å². The van der Waals surface area contributed by atoms with Crippen LogP contribution in [0.1, 0.15) is 44.5 Å². The van der Waals surface area contributed by atoms with Crippen molar-refractivity contribution in [1.82, 2.24) is 9.13 Å². The fourth-order valence-corrected chi connectivity index (χ4v) is 14.8. The fourth-order valence-electron chi connectivity index (χ4n) is 14.8. The molecule has 0 saturated heterocycles. The van der Waals surface area contributed by atoms with Crippen LogP contribution in [0.3, 0.4) is 0 Å².